The molecule has 2 aromatic heterocycles. The number of pyridine rings is 1. The Kier molecular flexibility index (Phi) is 2.47. The Morgan fingerprint density at radius 2 is 2.46 bits per heavy atom. The molecule has 0 atom stereocenters. The van der Waals surface area contributed by atoms with E-state index in [0.717, 1.165) is 22.1 Å². The van der Waals surface area contributed by atoms with Crippen LogP contribution >= 0.6 is 11.8 Å². The summed E-state index contributed by atoms with van der Waals surface area (Å²) in [5, 5.41) is 0.888. The first-order chi connectivity index (χ1) is 6.40. The van der Waals surface area contributed by atoms with Crippen molar-refractivity contribution in [2.45, 2.75) is 5.16 Å². The van der Waals surface area contributed by atoms with E-state index in [2.05, 4.69) is 15.0 Å². The molecule has 4 nitrogen and oxygen atoms in total. The van der Waals surface area contributed by atoms with E-state index in [1.54, 1.807) is 18.0 Å². The molecule has 2 heterocycles. The maximum absolute atomic E-state index is 5.39. The normalized spacial score (nSPS) is 10.8. The number of nitrogens with one attached hydrogen (secondary N) is 1. The maximum Gasteiger partial charge on any atom is 0.178 e. The van der Waals surface area contributed by atoms with Crippen molar-refractivity contribution in [3.8, 4) is 0 Å². The lowest BCUT2D eigenvalue weighted by atomic mass is 10.4. The second kappa shape index (κ2) is 3.76. The maximum atomic E-state index is 5.39. The van der Waals surface area contributed by atoms with E-state index in [4.69, 9.17) is 5.73 Å². The predicted octanol–water partition coefficient (Wildman–Crippen LogP) is 1.01. The van der Waals surface area contributed by atoms with Crippen molar-refractivity contribution < 1.29 is 0 Å². The average molecular weight is 194 g/mol. The molecular formula is C8H10N4S. The number of aromatic amines is 1. The van der Waals surface area contributed by atoms with Crippen LogP contribution in [0.1, 0.15) is 0 Å². The molecule has 2 rings (SSSR count). The molecule has 13 heavy (non-hydrogen) atoms. The van der Waals surface area contributed by atoms with Gasteiger partial charge >= 0.3 is 0 Å². The number of aromatic nitrogens is 3. The van der Waals surface area contributed by atoms with Gasteiger partial charge in [-0.2, -0.15) is 0 Å². The number of nitrogens with two attached hydrogens (primary N) is 1. The molecule has 68 valence electrons. The Bertz CT molecular complexity index is 365. The zero-order valence-corrected chi connectivity index (χ0v) is 7.84. The summed E-state index contributed by atoms with van der Waals surface area (Å²) in [5.74, 6) is 0.875. The number of rotatable bonds is 3. The molecule has 2 aromatic rings. The molecule has 0 saturated carbocycles. The molecule has 0 saturated heterocycles. The van der Waals surface area contributed by atoms with Gasteiger partial charge in [-0.1, -0.05) is 11.8 Å². The van der Waals surface area contributed by atoms with E-state index in [9.17, 15) is 0 Å². The second-order valence-corrected chi connectivity index (χ2v) is 3.64. The number of fused-ring (bicyclic) bond motifs is 1. The summed E-state index contributed by atoms with van der Waals surface area (Å²) in [4.78, 5) is 11.6. The van der Waals surface area contributed by atoms with Gasteiger partial charge in [0.25, 0.3) is 0 Å². The van der Waals surface area contributed by atoms with Crippen molar-refractivity contribution >= 4 is 22.9 Å². The van der Waals surface area contributed by atoms with Gasteiger partial charge in [0.05, 0.1) is 5.52 Å². The number of hydrogen-bond acceptors (Lipinski definition) is 4. The zero-order chi connectivity index (χ0) is 9.10. The standard InChI is InChI=1S/C8H10N4S/c9-3-5-13-8-11-6-2-1-4-10-7(6)12-8/h1-2,4H,3,5,9H2,(H,10,11,12). The molecule has 0 bridgehead atoms. The molecule has 0 radical (unpaired) electrons. The largest absolute Gasteiger partial charge is 0.332 e. The molecule has 0 amide bonds. The van der Waals surface area contributed by atoms with Crippen LogP contribution in [0.2, 0.25) is 0 Å². The van der Waals surface area contributed by atoms with Crippen LogP contribution in [-0.2, 0) is 0 Å². The van der Waals surface area contributed by atoms with Gasteiger partial charge in [0.15, 0.2) is 10.8 Å². The van der Waals surface area contributed by atoms with Gasteiger partial charge in [0, 0.05) is 18.5 Å². The summed E-state index contributed by atoms with van der Waals surface area (Å²) in [5.41, 5.74) is 7.13. The van der Waals surface area contributed by atoms with Gasteiger partial charge in [-0.15, -0.1) is 0 Å². The Balaban J connectivity index is 2.28. The van der Waals surface area contributed by atoms with Gasteiger partial charge in [-0.05, 0) is 12.1 Å². The van der Waals surface area contributed by atoms with Crippen molar-refractivity contribution in [3.05, 3.63) is 18.3 Å². The Morgan fingerprint density at radius 1 is 1.54 bits per heavy atom. The van der Waals surface area contributed by atoms with Crippen molar-refractivity contribution in [2.75, 3.05) is 12.3 Å². The Morgan fingerprint density at radius 3 is 3.23 bits per heavy atom. The smallest absolute Gasteiger partial charge is 0.178 e. The fraction of sp³-hybridized carbons (Fsp3) is 0.250. The van der Waals surface area contributed by atoms with Gasteiger partial charge in [-0.25, -0.2) is 9.97 Å². The molecule has 5 heteroatoms. The summed E-state index contributed by atoms with van der Waals surface area (Å²) >= 11 is 1.61. The highest BCUT2D eigenvalue weighted by atomic mass is 32.2. The monoisotopic (exact) mass is 194 g/mol. The fourth-order valence-electron chi connectivity index (χ4n) is 1.05. The highest BCUT2D eigenvalue weighted by Gasteiger charge is 2.01. The minimum Gasteiger partial charge on any atom is -0.332 e. The summed E-state index contributed by atoms with van der Waals surface area (Å²) in [6, 6.07) is 3.85. The Labute approximate surface area is 80.0 Å². The molecular weight excluding hydrogens is 184 g/mol. The highest BCUT2D eigenvalue weighted by Crippen LogP contribution is 2.16. The number of imidazole rings is 1. The van der Waals surface area contributed by atoms with Crippen molar-refractivity contribution in [3.63, 3.8) is 0 Å². The van der Waals surface area contributed by atoms with Crippen LogP contribution in [-0.4, -0.2) is 27.2 Å². The molecule has 0 aliphatic rings. The molecule has 0 aliphatic carbocycles. The summed E-state index contributed by atoms with van der Waals surface area (Å²) in [6.45, 7) is 0.662. The van der Waals surface area contributed by atoms with Gasteiger partial charge in [0.1, 0.15) is 0 Å². The zero-order valence-electron chi connectivity index (χ0n) is 7.03. The molecule has 0 unspecified atom stereocenters. The minimum atomic E-state index is 0.662. The van der Waals surface area contributed by atoms with Gasteiger partial charge < -0.3 is 10.7 Å². The third kappa shape index (κ3) is 1.81. The molecule has 0 spiro atoms. The quantitative estimate of drug-likeness (QED) is 0.715. The van der Waals surface area contributed by atoms with Crippen LogP contribution in [0.5, 0.6) is 0 Å². The summed E-state index contributed by atoms with van der Waals surface area (Å²) in [7, 11) is 0. The molecule has 0 fully saturated rings. The van der Waals surface area contributed by atoms with Crippen LogP contribution in [0.15, 0.2) is 23.5 Å². The van der Waals surface area contributed by atoms with E-state index in [-0.39, 0.29) is 0 Å². The highest BCUT2D eigenvalue weighted by molar-refractivity contribution is 7.99. The molecule has 3 N–H and O–H groups in total. The van der Waals surface area contributed by atoms with Crippen molar-refractivity contribution in [1.29, 1.82) is 0 Å². The third-order valence-corrected chi connectivity index (χ3v) is 2.50. The lowest BCUT2D eigenvalue weighted by Gasteiger charge is -1.90. The van der Waals surface area contributed by atoms with E-state index in [1.807, 2.05) is 12.1 Å². The van der Waals surface area contributed by atoms with E-state index < -0.39 is 0 Å². The number of hydrogen-bond donors (Lipinski definition) is 2. The van der Waals surface area contributed by atoms with E-state index in [1.165, 1.54) is 0 Å². The lowest BCUT2D eigenvalue weighted by Crippen LogP contribution is -2.01. The Hall–Kier alpha value is -1.07. The number of nitrogens with zero attached hydrogens (tertiary/aromatic N) is 2. The average Bonchev–Trinajstić information content (AvgIpc) is 2.57. The number of thioether (sulfide) groups is 1. The van der Waals surface area contributed by atoms with Gasteiger partial charge in [0.2, 0.25) is 0 Å². The molecule has 0 aliphatic heterocycles. The van der Waals surface area contributed by atoms with Crippen molar-refractivity contribution in [1.82, 2.24) is 15.0 Å². The third-order valence-electron chi connectivity index (χ3n) is 1.59. The van der Waals surface area contributed by atoms with Crippen LogP contribution in [0.3, 0.4) is 0 Å². The van der Waals surface area contributed by atoms with Crippen LogP contribution in [0.25, 0.3) is 11.2 Å². The topological polar surface area (TPSA) is 67.6 Å². The first kappa shape index (κ1) is 8.52. The van der Waals surface area contributed by atoms with Crippen LogP contribution in [0.4, 0.5) is 0 Å². The summed E-state index contributed by atoms with van der Waals surface area (Å²) in [6.07, 6.45) is 1.74. The van der Waals surface area contributed by atoms with Crippen LogP contribution < -0.4 is 5.73 Å². The lowest BCUT2D eigenvalue weighted by molar-refractivity contribution is 1.06. The van der Waals surface area contributed by atoms with Crippen molar-refractivity contribution in [2.24, 2.45) is 5.73 Å². The predicted molar refractivity (Wildman–Crippen MR) is 53.7 cm³/mol. The fourth-order valence-corrected chi connectivity index (χ4v) is 1.69. The first-order valence-electron chi connectivity index (χ1n) is 4.04. The number of H-pyrrole nitrogens is 1. The molecule has 0 aromatic carbocycles. The SMILES string of the molecule is NCCSc1nc2ncccc2[nH]1. The van der Waals surface area contributed by atoms with E-state index in [0.29, 0.717) is 6.54 Å². The summed E-state index contributed by atoms with van der Waals surface area (Å²) < 4.78 is 0. The first-order valence-corrected chi connectivity index (χ1v) is 5.02. The second-order valence-electron chi connectivity index (χ2n) is 2.55. The van der Waals surface area contributed by atoms with Gasteiger partial charge in [-0.3, -0.25) is 0 Å². The van der Waals surface area contributed by atoms with Crippen LogP contribution in [0, 0.1) is 0 Å². The minimum absolute atomic E-state index is 0.662. The van der Waals surface area contributed by atoms with E-state index >= 15 is 0 Å².